The average molecular weight is 282 g/mol. The lowest BCUT2D eigenvalue weighted by atomic mass is 10.0. The molecule has 0 saturated carbocycles. The Hall–Kier alpha value is -2.61. The summed E-state index contributed by atoms with van der Waals surface area (Å²) in [6.07, 6.45) is 1.53. The lowest BCUT2D eigenvalue weighted by Gasteiger charge is -2.12. The van der Waals surface area contributed by atoms with Gasteiger partial charge in [-0.15, -0.1) is 5.10 Å². The van der Waals surface area contributed by atoms with E-state index in [1.165, 1.54) is 0 Å². The van der Waals surface area contributed by atoms with Crippen molar-refractivity contribution in [3.05, 3.63) is 41.1 Å². The van der Waals surface area contributed by atoms with Crippen LogP contribution in [0.15, 0.2) is 24.3 Å². The molecule has 1 aromatic heterocycles. The predicted octanol–water partition coefficient (Wildman–Crippen LogP) is 3.23. The number of rotatable bonds is 5. The summed E-state index contributed by atoms with van der Waals surface area (Å²) in [7, 11) is 1.62. The van der Waals surface area contributed by atoms with E-state index in [9.17, 15) is 5.26 Å². The minimum absolute atomic E-state index is 0.497. The lowest BCUT2D eigenvalue weighted by Crippen LogP contribution is -2.07. The molecule has 0 bridgehead atoms. The van der Waals surface area contributed by atoms with Crippen LogP contribution < -0.4 is 10.1 Å². The molecule has 1 heterocycles. The third-order valence-electron chi connectivity index (χ3n) is 3.31. The van der Waals surface area contributed by atoms with Gasteiger partial charge in [0.15, 0.2) is 5.82 Å². The number of aromatic nitrogens is 2. The lowest BCUT2D eigenvalue weighted by molar-refractivity contribution is 0.415. The molecule has 0 saturated heterocycles. The van der Waals surface area contributed by atoms with Crippen molar-refractivity contribution in [1.29, 1.82) is 5.26 Å². The minimum atomic E-state index is 0.497. The molecular weight excluding hydrogens is 264 g/mol. The maximum atomic E-state index is 9.43. The number of nitriles is 1. The Kier molecular flexibility index (Phi) is 4.72. The van der Waals surface area contributed by atoms with Crippen LogP contribution in [0.2, 0.25) is 0 Å². The Balaban J connectivity index is 2.37. The molecule has 0 unspecified atom stereocenters. The fourth-order valence-corrected chi connectivity index (χ4v) is 2.19. The molecular formula is C16H18N4O. The Morgan fingerprint density at radius 1 is 1.14 bits per heavy atom. The number of nitrogens with one attached hydrogen (secondary N) is 1. The monoisotopic (exact) mass is 282 g/mol. The van der Waals surface area contributed by atoms with E-state index in [-0.39, 0.29) is 0 Å². The highest BCUT2D eigenvalue weighted by atomic mass is 16.5. The number of aryl methyl sites for hydroxylation is 1. The number of hydrogen-bond acceptors (Lipinski definition) is 5. The van der Waals surface area contributed by atoms with Gasteiger partial charge in [0.05, 0.1) is 12.8 Å². The first kappa shape index (κ1) is 14.8. The first-order valence-electron chi connectivity index (χ1n) is 6.93. The van der Waals surface area contributed by atoms with Gasteiger partial charge in [-0.05, 0) is 42.7 Å². The van der Waals surface area contributed by atoms with Gasteiger partial charge in [0, 0.05) is 5.69 Å². The average Bonchev–Trinajstić information content (AvgIpc) is 2.54. The Labute approximate surface area is 124 Å². The van der Waals surface area contributed by atoms with Crippen molar-refractivity contribution in [3.8, 4) is 11.8 Å². The topological polar surface area (TPSA) is 70.8 Å². The smallest absolute Gasteiger partial charge is 0.171 e. The van der Waals surface area contributed by atoms with Gasteiger partial charge in [-0.2, -0.15) is 10.4 Å². The third-order valence-corrected chi connectivity index (χ3v) is 3.31. The van der Waals surface area contributed by atoms with Crippen LogP contribution >= 0.6 is 0 Å². The van der Waals surface area contributed by atoms with E-state index < -0.39 is 0 Å². The highest BCUT2D eigenvalue weighted by Gasteiger charge is 2.14. The summed E-state index contributed by atoms with van der Waals surface area (Å²) in [5.74, 6) is 1.28. The first-order chi connectivity index (χ1) is 10.2. The number of methoxy groups -OCH3 is 1. The van der Waals surface area contributed by atoms with Gasteiger partial charge in [0.1, 0.15) is 17.4 Å². The van der Waals surface area contributed by atoms with Crippen LogP contribution in [0.5, 0.6) is 5.75 Å². The van der Waals surface area contributed by atoms with E-state index in [0.717, 1.165) is 35.5 Å². The fourth-order valence-electron chi connectivity index (χ4n) is 2.19. The highest BCUT2D eigenvalue weighted by molar-refractivity contribution is 5.65. The van der Waals surface area contributed by atoms with E-state index in [2.05, 4.69) is 21.6 Å². The zero-order chi connectivity index (χ0) is 15.2. The van der Waals surface area contributed by atoms with Crippen LogP contribution in [0.1, 0.15) is 30.7 Å². The van der Waals surface area contributed by atoms with Gasteiger partial charge in [-0.3, -0.25) is 0 Å². The summed E-state index contributed by atoms with van der Waals surface area (Å²) in [5.41, 5.74) is 3.26. The molecule has 0 spiro atoms. The number of nitrogens with zero attached hydrogens (tertiary/aromatic N) is 3. The Morgan fingerprint density at radius 3 is 2.38 bits per heavy atom. The molecule has 5 heteroatoms. The predicted molar refractivity (Wildman–Crippen MR) is 81.8 cm³/mol. The van der Waals surface area contributed by atoms with Crippen LogP contribution in [0.25, 0.3) is 0 Å². The van der Waals surface area contributed by atoms with Gasteiger partial charge in [0.2, 0.25) is 0 Å². The van der Waals surface area contributed by atoms with Gasteiger partial charge in [0.25, 0.3) is 0 Å². The van der Waals surface area contributed by atoms with Crippen LogP contribution in [0.3, 0.4) is 0 Å². The molecule has 0 aliphatic rings. The molecule has 108 valence electrons. The van der Waals surface area contributed by atoms with E-state index >= 15 is 0 Å². The van der Waals surface area contributed by atoms with Crippen molar-refractivity contribution in [2.24, 2.45) is 0 Å². The Morgan fingerprint density at radius 2 is 1.86 bits per heavy atom. The molecule has 21 heavy (non-hydrogen) atoms. The second kappa shape index (κ2) is 6.71. The number of hydrogen-bond donors (Lipinski definition) is 1. The largest absolute Gasteiger partial charge is 0.497 e. The maximum Gasteiger partial charge on any atom is 0.171 e. The van der Waals surface area contributed by atoms with Crippen LogP contribution in [-0.4, -0.2) is 17.3 Å². The summed E-state index contributed by atoms with van der Waals surface area (Å²) in [6, 6.07) is 9.70. The molecule has 2 rings (SSSR count). The van der Waals surface area contributed by atoms with Crippen molar-refractivity contribution >= 4 is 11.5 Å². The number of ether oxygens (including phenoxy) is 1. The second-order valence-corrected chi connectivity index (χ2v) is 4.52. The van der Waals surface area contributed by atoms with Crippen molar-refractivity contribution < 1.29 is 4.74 Å². The SMILES string of the molecule is CCc1nnc(Nc2ccc(OC)cc2)c(C#N)c1CC. The molecule has 0 aliphatic carbocycles. The van der Waals surface area contributed by atoms with Gasteiger partial charge >= 0.3 is 0 Å². The Bertz CT molecular complexity index is 659. The van der Waals surface area contributed by atoms with E-state index in [4.69, 9.17) is 4.74 Å². The molecule has 2 aromatic rings. The molecule has 0 fully saturated rings. The molecule has 0 radical (unpaired) electrons. The van der Waals surface area contributed by atoms with Crippen molar-refractivity contribution in [3.63, 3.8) is 0 Å². The van der Waals surface area contributed by atoms with Crippen molar-refractivity contribution in [2.75, 3.05) is 12.4 Å². The molecule has 5 nitrogen and oxygen atoms in total. The van der Waals surface area contributed by atoms with Crippen LogP contribution in [0.4, 0.5) is 11.5 Å². The summed E-state index contributed by atoms with van der Waals surface area (Å²) < 4.78 is 5.12. The van der Waals surface area contributed by atoms with Crippen LogP contribution in [0, 0.1) is 11.3 Å². The molecule has 0 aliphatic heterocycles. The van der Waals surface area contributed by atoms with Crippen molar-refractivity contribution in [1.82, 2.24) is 10.2 Å². The standard InChI is InChI=1S/C16H18N4O/c1-4-13-14(10-17)16(20-19-15(13)5-2)18-11-6-8-12(21-3)9-7-11/h6-9H,4-5H2,1-3H3,(H,18,20). The normalized spacial score (nSPS) is 10.0. The third kappa shape index (κ3) is 3.11. The molecule has 1 N–H and O–H groups in total. The van der Waals surface area contributed by atoms with Crippen molar-refractivity contribution in [2.45, 2.75) is 26.7 Å². The number of anilines is 2. The second-order valence-electron chi connectivity index (χ2n) is 4.52. The first-order valence-corrected chi connectivity index (χ1v) is 6.93. The van der Waals surface area contributed by atoms with E-state index in [1.807, 2.05) is 38.1 Å². The molecule has 1 aromatic carbocycles. The molecule has 0 atom stereocenters. The maximum absolute atomic E-state index is 9.43. The summed E-state index contributed by atoms with van der Waals surface area (Å²) >= 11 is 0. The quantitative estimate of drug-likeness (QED) is 0.911. The highest BCUT2D eigenvalue weighted by Crippen LogP contribution is 2.24. The zero-order valence-corrected chi connectivity index (χ0v) is 12.5. The van der Waals surface area contributed by atoms with E-state index in [1.54, 1.807) is 7.11 Å². The number of benzene rings is 1. The minimum Gasteiger partial charge on any atom is -0.497 e. The van der Waals surface area contributed by atoms with Gasteiger partial charge < -0.3 is 10.1 Å². The van der Waals surface area contributed by atoms with Crippen LogP contribution in [-0.2, 0) is 12.8 Å². The summed E-state index contributed by atoms with van der Waals surface area (Å²) in [4.78, 5) is 0. The van der Waals surface area contributed by atoms with Gasteiger partial charge in [-0.1, -0.05) is 13.8 Å². The van der Waals surface area contributed by atoms with E-state index in [0.29, 0.717) is 11.4 Å². The summed E-state index contributed by atoms with van der Waals surface area (Å²) in [5, 5.41) is 21.0. The summed E-state index contributed by atoms with van der Waals surface area (Å²) in [6.45, 7) is 4.04. The fraction of sp³-hybridized carbons (Fsp3) is 0.312. The molecule has 0 amide bonds. The zero-order valence-electron chi connectivity index (χ0n) is 12.5. The van der Waals surface area contributed by atoms with Gasteiger partial charge in [-0.25, -0.2) is 0 Å².